The Morgan fingerprint density at radius 2 is 1.84 bits per heavy atom. The van der Waals surface area contributed by atoms with Gasteiger partial charge in [0.05, 0.1) is 11.8 Å². The predicted molar refractivity (Wildman–Crippen MR) is 126 cm³/mol. The van der Waals surface area contributed by atoms with Gasteiger partial charge < -0.3 is 15.1 Å². The topological polar surface area (TPSA) is 53.4 Å². The van der Waals surface area contributed by atoms with Crippen LogP contribution in [0.3, 0.4) is 0 Å². The molecule has 32 heavy (non-hydrogen) atoms. The summed E-state index contributed by atoms with van der Waals surface area (Å²) in [6.07, 6.45) is 1.75. The molecule has 0 bridgehead atoms. The number of halogens is 2. The summed E-state index contributed by atoms with van der Waals surface area (Å²) in [5, 5.41) is 7.85. The number of fused-ring (bicyclic) bond motifs is 1. The molecular weight excluding hydrogens is 473 g/mol. The molecule has 1 saturated heterocycles. The zero-order chi connectivity index (χ0) is 22.2. The van der Waals surface area contributed by atoms with E-state index < -0.39 is 0 Å². The first-order valence-corrected chi connectivity index (χ1v) is 11.4. The lowest BCUT2D eigenvalue weighted by molar-refractivity contribution is -0.127. The second kappa shape index (κ2) is 8.43. The summed E-state index contributed by atoms with van der Waals surface area (Å²) in [6.45, 7) is 4.55. The number of nitrogens with zero attached hydrogens (tertiary/aromatic N) is 4. The molecule has 3 aromatic rings. The highest BCUT2D eigenvalue weighted by Gasteiger charge is 2.35. The summed E-state index contributed by atoms with van der Waals surface area (Å²) < 4.78 is 16.1. The second-order valence-electron chi connectivity index (χ2n) is 8.04. The highest BCUT2D eigenvalue weighted by molar-refractivity contribution is 9.10. The van der Waals surface area contributed by atoms with Crippen molar-refractivity contribution < 1.29 is 9.18 Å². The van der Waals surface area contributed by atoms with Crippen molar-refractivity contribution in [2.45, 2.75) is 13.0 Å². The fourth-order valence-corrected chi connectivity index (χ4v) is 4.87. The van der Waals surface area contributed by atoms with Crippen LogP contribution in [0.4, 0.5) is 15.9 Å². The molecule has 0 spiro atoms. The maximum absolute atomic E-state index is 13.8. The van der Waals surface area contributed by atoms with E-state index in [1.165, 1.54) is 12.1 Å². The number of carbonyl (C=O) groups excluding carboxylic acids is 1. The first kappa shape index (κ1) is 20.8. The van der Waals surface area contributed by atoms with Crippen molar-refractivity contribution in [2.24, 2.45) is 0 Å². The Hall–Kier alpha value is -3.13. The van der Waals surface area contributed by atoms with Crippen molar-refractivity contribution in [3.05, 3.63) is 87.9 Å². The number of aromatic nitrogens is 2. The lowest BCUT2D eigenvalue weighted by Gasteiger charge is -2.38. The lowest BCUT2D eigenvalue weighted by atomic mass is 9.94. The van der Waals surface area contributed by atoms with Gasteiger partial charge in [0.2, 0.25) is 0 Å². The molecule has 2 aliphatic heterocycles. The SMILES string of the molecule is CC1=C(C(=O)N2CCN(c3ccc(F)cc3)CC2)C(c2cccc(Br)c2)n2nccc2N1. The van der Waals surface area contributed by atoms with E-state index in [1.807, 2.05) is 46.8 Å². The van der Waals surface area contributed by atoms with E-state index in [9.17, 15) is 9.18 Å². The molecular formula is C24H23BrFN5O. The first-order valence-electron chi connectivity index (χ1n) is 10.6. The molecule has 1 fully saturated rings. The number of hydrogen-bond donors (Lipinski definition) is 1. The lowest BCUT2D eigenvalue weighted by Crippen LogP contribution is -2.50. The Morgan fingerprint density at radius 1 is 1.09 bits per heavy atom. The van der Waals surface area contributed by atoms with E-state index in [0.717, 1.165) is 27.2 Å². The maximum Gasteiger partial charge on any atom is 0.254 e. The molecule has 6 nitrogen and oxygen atoms in total. The van der Waals surface area contributed by atoms with Crippen molar-refractivity contribution in [1.29, 1.82) is 0 Å². The Labute approximate surface area is 194 Å². The smallest absolute Gasteiger partial charge is 0.254 e. The van der Waals surface area contributed by atoms with Crippen LogP contribution in [0.5, 0.6) is 0 Å². The van der Waals surface area contributed by atoms with Gasteiger partial charge in [-0.2, -0.15) is 5.10 Å². The van der Waals surface area contributed by atoms with Crippen LogP contribution in [-0.4, -0.2) is 46.8 Å². The zero-order valence-electron chi connectivity index (χ0n) is 17.6. The minimum atomic E-state index is -0.304. The normalized spacial score (nSPS) is 18.4. The third kappa shape index (κ3) is 3.79. The van der Waals surface area contributed by atoms with Crippen molar-refractivity contribution >= 4 is 33.3 Å². The van der Waals surface area contributed by atoms with E-state index in [0.29, 0.717) is 31.8 Å². The standard InChI is InChI=1S/C24H23BrFN5O/c1-16-22(23(17-3-2-4-18(25)15-17)31-21(28-16)9-10-27-31)24(32)30-13-11-29(12-14-30)20-7-5-19(26)6-8-20/h2-10,15,23,28H,11-14H2,1H3. The Bertz CT molecular complexity index is 1180. The van der Waals surface area contributed by atoms with Gasteiger partial charge in [-0.05, 0) is 48.9 Å². The third-order valence-electron chi connectivity index (χ3n) is 6.06. The van der Waals surface area contributed by atoms with Crippen molar-refractivity contribution in [1.82, 2.24) is 14.7 Å². The molecule has 5 rings (SSSR count). The Morgan fingerprint density at radius 3 is 2.56 bits per heavy atom. The van der Waals surface area contributed by atoms with Crippen molar-refractivity contribution in [2.75, 3.05) is 36.4 Å². The van der Waals surface area contributed by atoms with Crippen LogP contribution in [0.25, 0.3) is 0 Å². The van der Waals surface area contributed by atoms with Gasteiger partial charge in [-0.25, -0.2) is 9.07 Å². The Balaban J connectivity index is 1.41. The maximum atomic E-state index is 13.8. The second-order valence-corrected chi connectivity index (χ2v) is 8.95. The molecule has 1 amide bonds. The summed E-state index contributed by atoms with van der Waals surface area (Å²) in [7, 11) is 0. The predicted octanol–water partition coefficient (Wildman–Crippen LogP) is 4.42. The van der Waals surface area contributed by atoms with Crippen LogP contribution in [0.15, 0.2) is 76.5 Å². The molecule has 2 aromatic carbocycles. The number of nitrogens with one attached hydrogen (secondary N) is 1. The zero-order valence-corrected chi connectivity index (χ0v) is 19.2. The first-order chi connectivity index (χ1) is 15.5. The number of carbonyl (C=O) groups is 1. The van der Waals surface area contributed by atoms with Gasteiger partial charge in [0, 0.05) is 48.1 Å². The van der Waals surface area contributed by atoms with Crippen LogP contribution >= 0.6 is 15.9 Å². The van der Waals surface area contributed by atoms with Crippen LogP contribution in [0.1, 0.15) is 18.5 Å². The molecule has 0 saturated carbocycles. The van der Waals surface area contributed by atoms with E-state index in [4.69, 9.17) is 0 Å². The number of rotatable bonds is 3. The molecule has 1 unspecified atom stereocenters. The molecule has 2 aliphatic rings. The fourth-order valence-electron chi connectivity index (χ4n) is 4.46. The van der Waals surface area contributed by atoms with E-state index in [2.05, 4.69) is 31.2 Å². The average Bonchev–Trinajstić information content (AvgIpc) is 3.26. The summed E-state index contributed by atoms with van der Waals surface area (Å²) in [5.41, 5.74) is 3.52. The molecule has 1 N–H and O–H groups in total. The minimum Gasteiger partial charge on any atom is -0.368 e. The summed E-state index contributed by atoms with van der Waals surface area (Å²) in [5.74, 6) is 0.636. The summed E-state index contributed by atoms with van der Waals surface area (Å²) >= 11 is 3.56. The summed E-state index contributed by atoms with van der Waals surface area (Å²) in [6, 6.07) is 16.1. The van der Waals surface area contributed by atoms with Crippen LogP contribution in [0.2, 0.25) is 0 Å². The van der Waals surface area contributed by atoms with Gasteiger partial charge in [-0.1, -0.05) is 28.1 Å². The fraction of sp³-hybridized carbons (Fsp3) is 0.250. The monoisotopic (exact) mass is 495 g/mol. The molecule has 8 heteroatoms. The van der Waals surface area contributed by atoms with Gasteiger partial charge in [-0.3, -0.25) is 4.79 Å². The van der Waals surface area contributed by atoms with E-state index in [1.54, 1.807) is 18.3 Å². The number of hydrogen-bond acceptors (Lipinski definition) is 4. The van der Waals surface area contributed by atoms with Gasteiger partial charge in [0.15, 0.2) is 0 Å². The van der Waals surface area contributed by atoms with Gasteiger partial charge >= 0.3 is 0 Å². The number of piperazine rings is 1. The van der Waals surface area contributed by atoms with Crippen LogP contribution < -0.4 is 10.2 Å². The minimum absolute atomic E-state index is 0.0138. The van der Waals surface area contributed by atoms with Gasteiger partial charge in [0.25, 0.3) is 5.91 Å². The molecule has 164 valence electrons. The number of amides is 1. The highest BCUT2D eigenvalue weighted by Crippen LogP contribution is 2.37. The van der Waals surface area contributed by atoms with Gasteiger partial charge in [0.1, 0.15) is 17.7 Å². The molecule has 0 aliphatic carbocycles. The molecule has 0 radical (unpaired) electrons. The van der Waals surface area contributed by atoms with Crippen molar-refractivity contribution in [3.8, 4) is 0 Å². The van der Waals surface area contributed by atoms with E-state index in [-0.39, 0.29) is 17.8 Å². The molecule has 3 heterocycles. The number of allylic oxidation sites excluding steroid dienone is 1. The van der Waals surface area contributed by atoms with E-state index >= 15 is 0 Å². The number of anilines is 2. The Kier molecular flexibility index (Phi) is 5.46. The average molecular weight is 496 g/mol. The third-order valence-corrected chi connectivity index (χ3v) is 6.55. The molecule has 1 atom stereocenters. The highest BCUT2D eigenvalue weighted by atomic mass is 79.9. The largest absolute Gasteiger partial charge is 0.368 e. The van der Waals surface area contributed by atoms with Crippen LogP contribution in [-0.2, 0) is 4.79 Å². The summed E-state index contributed by atoms with van der Waals surface area (Å²) in [4.78, 5) is 17.8. The quantitative estimate of drug-likeness (QED) is 0.584. The van der Waals surface area contributed by atoms with Gasteiger partial charge in [-0.15, -0.1) is 0 Å². The van der Waals surface area contributed by atoms with Crippen molar-refractivity contribution in [3.63, 3.8) is 0 Å². The number of benzene rings is 2. The van der Waals surface area contributed by atoms with Crippen LogP contribution in [0, 0.1) is 5.82 Å². The molecule has 1 aromatic heterocycles.